The molecule has 134 valence electrons. The van der Waals surface area contributed by atoms with E-state index in [9.17, 15) is 4.79 Å². The normalized spacial score (nSPS) is 10.7. The average Bonchev–Trinajstić information content (AvgIpc) is 2.54. The lowest BCUT2D eigenvalue weighted by atomic mass is 10.2. The minimum Gasteiger partial charge on any atom is -0.370 e. The molecule has 0 spiro atoms. The summed E-state index contributed by atoms with van der Waals surface area (Å²) in [4.78, 5) is 16.1. The van der Waals surface area contributed by atoms with Crippen LogP contribution in [0.2, 0.25) is 5.02 Å². The predicted octanol–water partition coefficient (Wildman–Crippen LogP) is 4.41. The summed E-state index contributed by atoms with van der Waals surface area (Å²) < 4.78 is 0. The quantitative estimate of drug-likeness (QED) is 0.252. The van der Waals surface area contributed by atoms with Crippen molar-refractivity contribution in [3.8, 4) is 0 Å². The van der Waals surface area contributed by atoms with Gasteiger partial charge in [0, 0.05) is 29.4 Å². The molecular formula is C18H22ClIN4O. The van der Waals surface area contributed by atoms with Gasteiger partial charge in [-0.05, 0) is 55.3 Å². The molecule has 2 rings (SSSR count). The van der Waals surface area contributed by atoms with Gasteiger partial charge in [-0.25, -0.2) is 0 Å². The summed E-state index contributed by atoms with van der Waals surface area (Å²) in [6.45, 7) is 2.50. The Labute approximate surface area is 170 Å². The number of nitrogens with zero attached hydrogens (tertiary/aromatic N) is 1. The third-order valence-electron chi connectivity index (χ3n) is 3.26. The summed E-state index contributed by atoms with van der Waals surface area (Å²) in [5.41, 5.74) is 8.61. The monoisotopic (exact) mass is 472 g/mol. The summed E-state index contributed by atoms with van der Waals surface area (Å²) in [5, 5.41) is 6.48. The van der Waals surface area contributed by atoms with Crippen LogP contribution in [0, 0.1) is 6.92 Å². The minimum absolute atomic E-state index is 0. The SMILES string of the molecule is Cc1cccc(NC(N)=NCCCC(=O)Nc2ccc(Cl)cc2)c1.I. The molecule has 0 saturated carbocycles. The van der Waals surface area contributed by atoms with E-state index in [0.717, 1.165) is 16.9 Å². The van der Waals surface area contributed by atoms with Crippen LogP contribution in [0.5, 0.6) is 0 Å². The maximum Gasteiger partial charge on any atom is 0.224 e. The number of hydrogen-bond donors (Lipinski definition) is 3. The van der Waals surface area contributed by atoms with E-state index in [1.807, 2.05) is 31.2 Å². The molecule has 0 aliphatic carbocycles. The van der Waals surface area contributed by atoms with E-state index in [1.54, 1.807) is 24.3 Å². The topological polar surface area (TPSA) is 79.5 Å². The summed E-state index contributed by atoms with van der Waals surface area (Å²) in [7, 11) is 0. The minimum atomic E-state index is -0.0577. The first-order valence-corrected chi connectivity index (χ1v) is 8.10. The van der Waals surface area contributed by atoms with Gasteiger partial charge in [0.2, 0.25) is 5.91 Å². The molecule has 4 N–H and O–H groups in total. The van der Waals surface area contributed by atoms with E-state index in [0.29, 0.717) is 30.4 Å². The summed E-state index contributed by atoms with van der Waals surface area (Å²) >= 11 is 5.80. The van der Waals surface area contributed by atoms with Crippen molar-refractivity contribution in [3.05, 3.63) is 59.1 Å². The lowest BCUT2D eigenvalue weighted by molar-refractivity contribution is -0.116. The van der Waals surface area contributed by atoms with E-state index in [2.05, 4.69) is 15.6 Å². The molecule has 0 heterocycles. The number of nitrogens with two attached hydrogens (primary N) is 1. The number of rotatable bonds is 6. The number of hydrogen-bond acceptors (Lipinski definition) is 2. The second kappa shape index (κ2) is 10.9. The molecule has 0 bridgehead atoms. The van der Waals surface area contributed by atoms with Crippen LogP contribution in [0.15, 0.2) is 53.5 Å². The van der Waals surface area contributed by atoms with Crippen LogP contribution in [-0.2, 0) is 4.79 Å². The van der Waals surface area contributed by atoms with Crippen molar-refractivity contribution in [1.82, 2.24) is 0 Å². The van der Waals surface area contributed by atoms with Crippen LogP contribution in [-0.4, -0.2) is 18.4 Å². The Hall–Kier alpha value is -1.80. The number of benzene rings is 2. The van der Waals surface area contributed by atoms with Gasteiger partial charge in [-0.15, -0.1) is 24.0 Å². The van der Waals surface area contributed by atoms with Crippen molar-refractivity contribution in [1.29, 1.82) is 0 Å². The molecule has 0 aliphatic rings. The van der Waals surface area contributed by atoms with Crippen molar-refractivity contribution in [2.75, 3.05) is 17.2 Å². The molecule has 0 aliphatic heterocycles. The van der Waals surface area contributed by atoms with Gasteiger partial charge in [0.1, 0.15) is 0 Å². The molecule has 0 atom stereocenters. The van der Waals surface area contributed by atoms with Crippen LogP contribution >= 0.6 is 35.6 Å². The highest BCUT2D eigenvalue weighted by Gasteiger charge is 2.02. The summed E-state index contributed by atoms with van der Waals surface area (Å²) in [6.07, 6.45) is 0.999. The van der Waals surface area contributed by atoms with Crippen molar-refractivity contribution in [2.24, 2.45) is 10.7 Å². The van der Waals surface area contributed by atoms with Gasteiger partial charge in [-0.3, -0.25) is 9.79 Å². The molecule has 0 fully saturated rings. The molecule has 7 heteroatoms. The van der Waals surface area contributed by atoms with E-state index in [1.165, 1.54) is 0 Å². The van der Waals surface area contributed by atoms with E-state index in [4.69, 9.17) is 17.3 Å². The summed E-state index contributed by atoms with van der Waals surface area (Å²) in [6, 6.07) is 14.9. The highest BCUT2D eigenvalue weighted by molar-refractivity contribution is 14.0. The highest BCUT2D eigenvalue weighted by atomic mass is 127. The fourth-order valence-electron chi connectivity index (χ4n) is 2.11. The molecule has 2 aromatic rings. The average molecular weight is 473 g/mol. The van der Waals surface area contributed by atoms with E-state index >= 15 is 0 Å². The van der Waals surface area contributed by atoms with Gasteiger partial charge in [-0.1, -0.05) is 23.7 Å². The molecule has 25 heavy (non-hydrogen) atoms. The second-order valence-electron chi connectivity index (χ2n) is 5.42. The Morgan fingerprint density at radius 2 is 1.84 bits per heavy atom. The van der Waals surface area contributed by atoms with Crippen LogP contribution in [0.3, 0.4) is 0 Å². The fraction of sp³-hybridized carbons (Fsp3) is 0.222. The van der Waals surface area contributed by atoms with Gasteiger partial charge < -0.3 is 16.4 Å². The number of amides is 1. The lowest BCUT2D eigenvalue weighted by Crippen LogP contribution is -2.23. The Balaban J connectivity index is 0.00000312. The number of aliphatic imine (C=N–C) groups is 1. The smallest absolute Gasteiger partial charge is 0.224 e. The van der Waals surface area contributed by atoms with Gasteiger partial charge in [0.25, 0.3) is 0 Å². The predicted molar refractivity (Wildman–Crippen MR) is 116 cm³/mol. The van der Waals surface area contributed by atoms with Crippen LogP contribution in [0.4, 0.5) is 11.4 Å². The Bertz CT molecular complexity index is 719. The van der Waals surface area contributed by atoms with Crippen molar-refractivity contribution in [2.45, 2.75) is 19.8 Å². The molecule has 1 amide bonds. The van der Waals surface area contributed by atoms with E-state index in [-0.39, 0.29) is 29.9 Å². The molecule has 5 nitrogen and oxygen atoms in total. The number of aryl methyl sites for hydroxylation is 1. The Morgan fingerprint density at radius 1 is 1.12 bits per heavy atom. The third-order valence-corrected chi connectivity index (χ3v) is 3.51. The van der Waals surface area contributed by atoms with Crippen LogP contribution in [0.1, 0.15) is 18.4 Å². The Kier molecular flexibility index (Phi) is 9.30. The van der Waals surface area contributed by atoms with Crippen LogP contribution in [0.25, 0.3) is 0 Å². The van der Waals surface area contributed by atoms with E-state index < -0.39 is 0 Å². The number of halogens is 2. The largest absolute Gasteiger partial charge is 0.370 e. The van der Waals surface area contributed by atoms with Gasteiger partial charge in [-0.2, -0.15) is 0 Å². The number of nitrogens with one attached hydrogen (secondary N) is 2. The first kappa shape index (κ1) is 21.2. The number of anilines is 2. The van der Waals surface area contributed by atoms with Crippen LogP contribution < -0.4 is 16.4 Å². The van der Waals surface area contributed by atoms with Gasteiger partial charge in [0.15, 0.2) is 5.96 Å². The van der Waals surface area contributed by atoms with Crippen molar-refractivity contribution >= 4 is 58.8 Å². The first-order valence-electron chi connectivity index (χ1n) is 7.72. The maximum atomic E-state index is 11.8. The molecule has 0 aromatic heterocycles. The molecule has 0 saturated heterocycles. The molecular weight excluding hydrogens is 451 g/mol. The van der Waals surface area contributed by atoms with Crippen molar-refractivity contribution in [3.63, 3.8) is 0 Å². The third kappa shape index (κ3) is 8.22. The number of guanidine groups is 1. The molecule has 0 unspecified atom stereocenters. The molecule has 0 radical (unpaired) electrons. The zero-order valence-corrected chi connectivity index (χ0v) is 17.0. The summed E-state index contributed by atoms with van der Waals surface area (Å²) in [5.74, 6) is 0.288. The second-order valence-corrected chi connectivity index (χ2v) is 5.86. The van der Waals surface area contributed by atoms with Gasteiger partial charge in [0.05, 0.1) is 0 Å². The zero-order chi connectivity index (χ0) is 17.4. The Morgan fingerprint density at radius 3 is 2.52 bits per heavy atom. The van der Waals surface area contributed by atoms with Crippen molar-refractivity contribution < 1.29 is 4.79 Å². The standard InChI is InChI=1S/C18H21ClN4O.HI/c1-13-4-2-5-16(12-13)23-18(20)21-11-3-6-17(24)22-15-9-7-14(19)8-10-15;/h2,4-5,7-10,12H,3,6,11H2,1H3,(H,22,24)(H3,20,21,23);1H. The zero-order valence-electron chi connectivity index (χ0n) is 14.0. The number of carbonyl (C=O) groups excluding carboxylic acids is 1. The van der Waals surface area contributed by atoms with Gasteiger partial charge >= 0.3 is 0 Å². The first-order chi connectivity index (χ1) is 11.5. The molecule has 2 aromatic carbocycles. The fourth-order valence-corrected chi connectivity index (χ4v) is 2.23. The lowest BCUT2D eigenvalue weighted by Gasteiger charge is -2.07. The maximum absolute atomic E-state index is 11.8. The number of carbonyl (C=O) groups is 1. The highest BCUT2D eigenvalue weighted by Crippen LogP contribution is 2.13.